The number of thiophene rings is 1. The molecule has 0 aliphatic carbocycles. The van der Waals surface area contributed by atoms with Crippen LogP contribution in [0.15, 0.2) is 6.07 Å². The summed E-state index contributed by atoms with van der Waals surface area (Å²) in [6.45, 7) is 3.48. The average Bonchev–Trinajstić information content (AvgIpc) is 2.44. The van der Waals surface area contributed by atoms with Crippen molar-refractivity contribution in [3.05, 3.63) is 20.8 Å². The van der Waals surface area contributed by atoms with Gasteiger partial charge in [-0.1, -0.05) is 11.6 Å². The Labute approximate surface area is 96.8 Å². The third-order valence-corrected chi connectivity index (χ3v) is 2.96. The maximum absolute atomic E-state index is 11.5. The number of hydroxylamine groups is 1. The lowest BCUT2D eigenvalue weighted by Gasteiger charge is -2.06. The van der Waals surface area contributed by atoms with Crippen LogP contribution in [0.25, 0.3) is 0 Å². The summed E-state index contributed by atoms with van der Waals surface area (Å²) in [5.74, 6) is -0.390. The first-order valence-corrected chi connectivity index (χ1v) is 5.56. The molecule has 1 aromatic heterocycles. The summed E-state index contributed by atoms with van der Waals surface area (Å²) < 4.78 is 0. The molecule has 1 heterocycles. The molecule has 0 aliphatic heterocycles. The lowest BCUT2D eigenvalue weighted by molar-refractivity contribution is -0.00664. The van der Waals surface area contributed by atoms with Crippen LogP contribution in [0.2, 0.25) is 5.02 Å². The summed E-state index contributed by atoms with van der Waals surface area (Å²) in [6, 6.07) is 1.72. The summed E-state index contributed by atoms with van der Waals surface area (Å²) in [5, 5.41) is 9.31. The molecule has 0 fully saturated rings. The molecule has 0 bridgehead atoms. The molecule has 4 nitrogen and oxygen atoms in total. The third-order valence-electron chi connectivity index (χ3n) is 1.51. The number of carbonyl (C=O) groups excluding carboxylic acids is 1. The van der Waals surface area contributed by atoms with E-state index in [9.17, 15) is 4.79 Å². The molecule has 1 aromatic rings. The van der Waals surface area contributed by atoms with E-state index >= 15 is 0 Å². The van der Waals surface area contributed by atoms with Crippen LogP contribution in [0.4, 0.5) is 0 Å². The minimum absolute atomic E-state index is 0.0493. The topological polar surface area (TPSA) is 58.6 Å². The zero-order valence-electron chi connectivity index (χ0n) is 8.41. The Hall–Kier alpha value is -0.620. The second-order valence-electron chi connectivity index (χ2n) is 3.13. The van der Waals surface area contributed by atoms with Crippen LogP contribution >= 0.6 is 22.9 Å². The van der Waals surface area contributed by atoms with E-state index in [0.29, 0.717) is 9.90 Å². The zero-order chi connectivity index (χ0) is 11.4. The number of aliphatic hydroxyl groups is 1. The summed E-state index contributed by atoms with van der Waals surface area (Å²) in [5.41, 5.74) is 2.21. The lowest BCUT2D eigenvalue weighted by atomic mass is 10.4. The van der Waals surface area contributed by atoms with E-state index in [4.69, 9.17) is 21.5 Å². The molecule has 0 aromatic carbocycles. The van der Waals surface area contributed by atoms with Gasteiger partial charge in [0.15, 0.2) is 0 Å². The molecule has 6 heteroatoms. The fourth-order valence-electron chi connectivity index (χ4n) is 0.912. The Morgan fingerprint density at radius 2 is 2.47 bits per heavy atom. The summed E-state index contributed by atoms with van der Waals surface area (Å²) in [4.78, 5) is 17.6. The molecule has 0 saturated carbocycles. The Kier molecular flexibility index (Phi) is 4.53. The molecule has 84 valence electrons. The molecular weight excluding hydrogens is 238 g/mol. The molecule has 15 heavy (non-hydrogen) atoms. The van der Waals surface area contributed by atoms with E-state index in [-0.39, 0.29) is 6.61 Å². The largest absolute Gasteiger partial charge is 0.391 e. The number of rotatable bonds is 4. The quantitative estimate of drug-likeness (QED) is 0.800. The Morgan fingerprint density at radius 3 is 2.93 bits per heavy atom. The van der Waals surface area contributed by atoms with Crippen molar-refractivity contribution in [2.24, 2.45) is 0 Å². The standard InChI is InChI=1S/C9H12ClNO3S/c1-5(12)4-14-11-9(13)8-7(10)3-6(2)15-8/h3,5,12H,4H2,1-2H3,(H,11,13). The van der Waals surface area contributed by atoms with Crippen LogP contribution in [-0.2, 0) is 4.84 Å². The molecule has 2 N–H and O–H groups in total. The number of nitrogens with one attached hydrogen (secondary N) is 1. The van der Waals surface area contributed by atoms with Crippen LogP contribution in [0.3, 0.4) is 0 Å². The Morgan fingerprint density at radius 1 is 1.80 bits per heavy atom. The minimum Gasteiger partial charge on any atom is -0.391 e. The number of carbonyl (C=O) groups is 1. The van der Waals surface area contributed by atoms with Crippen LogP contribution in [0.5, 0.6) is 0 Å². The van der Waals surface area contributed by atoms with Gasteiger partial charge >= 0.3 is 0 Å². The Bertz CT molecular complexity index is 351. The molecule has 0 saturated heterocycles. The van der Waals surface area contributed by atoms with Gasteiger partial charge in [0.1, 0.15) is 11.5 Å². The van der Waals surface area contributed by atoms with E-state index in [2.05, 4.69) is 5.48 Å². The molecule has 0 radical (unpaired) electrons. The summed E-state index contributed by atoms with van der Waals surface area (Å²) in [6.07, 6.45) is -0.620. The van der Waals surface area contributed by atoms with Gasteiger partial charge in [0.25, 0.3) is 5.91 Å². The number of aryl methyl sites for hydroxylation is 1. The molecule has 1 unspecified atom stereocenters. The molecule has 1 atom stereocenters. The van der Waals surface area contributed by atoms with Crippen molar-refractivity contribution in [3.8, 4) is 0 Å². The van der Waals surface area contributed by atoms with Crippen LogP contribution in [-0.4, -0.2) is 23.7 Å². The van der Waals surface area contributed by atoms with Crippen molar-refractivity contribution in [2.45, 2.75) is 20.0 Å². The van der Waals surface area contributed by atoms with E-state index in [0.717, 1.165) is 4.88 Å². The molecule has 0 aliphatic rings. The summed E-state index contributed by atoms with van der Waals surface area (Å²) in [7, 11) is 0. The van der Waals surface area contributed by atoms with Gasteiger partial charge in [-0.05, 0) is 19.9 Å². The van der Waals surface area contributed by atoms with Crippen molar-refractivity contribution >= 4 is 28.8 Å². The van der Waals surface area contributed by atoms with Gasteiger partial charge in [-0.15, -0.1) is 11.3 Å². The van der Waals surface area contributed by atoms with Crippen LogP contribution in [0, 0.1) is 6.92 Å². The smallest absolute Gasteiger partial charge is 0.286 e. The molecule has 1 rings (SSSR count). The zero-order valence-corrected chi connectivity index (χ0v) is 9.98. The highest BCUT2D eigenvalue weighted by Crippen LogP contribution is 2.25. The normalized spacial score (nSPS) is 12.5. The fraction of sp³-hybridized carbons (Fsp3) is 0.444. The number of amides is 1. The fourth-order valence-corrected chi connectivity index (χ4v) is 2.13. The van der Waals surface area contributed by atoms with Gasteiger partial charge < -0.3 is 5.11 Å². The van der Waals surface area contributed by atoms with Gasteiger partial charge in [0.05, 0.1) is 11.1 Å². The summed E-state index contributed by atoms with van der Waals surface area (Å²) >= 11 is 7.12. The second-order valence-corrected chi connectivity index (χ2v) is 4.79. The maximum Gasteiger partial charge on any atom is 0.286 e. The van der Waals surface area contributed by atoms with Gasteiger partial charge in [0.2, 0.25) is 0 Å². The second kappa shape index (κ2) is 5.46. The van der Waals surface area contributed by atoms with E-state index in [1.54, 1.807) is 13.0 Å². The minimum atomic E-state index is -0.620. The van der Waals surface area contributed by atoms with E-state index < -0.39 is 12.0 Å². The molecular formula is C9H12ClNO3S. The van der Waals surface area contributed by atoms with Crippen molar-refractivity contribution in [3.63, 3.8) is 0 Å². The highest BCUT2D eigenvalue weighted by atomic mass is 35.5. The van der Waals surface area contributed by atoms with E-state index in [1.807, 2.05) is 6.92 Å². The number of hydrogen-bond donors (Lipinski definition) is 2. The van der Waals surface area contributed by atoms with Crippen molar-refractivity contribution in [2.75, 3.05) is 6.61 Å². The third kappa shape index (κ3) is 3.79. The molecule has 0 spiro atoms. The number of halogens is 1. The predicted molar refractivity (Wildman–Crippen MR) is 59.2 cm³/mol. The van der Waals surface area contributed by atoms with E-state index in [1.165, 1.54) is 11.3 Å². The number of hydrogen-bond acceptors (Lipinski definition) is 4. The van der Waals surface area contributed by atoms with Gasteiger partial charge in [-0.3, -0.25) is 9.63 Å². The first-order valence-electron chi connectivity index (χ1n) is 4.37. The van der Waals surface area contributed by atoms with Crippen molar-refractivity contribution in [1.82, 2.24) is 5.48 Å². The van der Waals surface area contributed by atoms with Gasteiger partial charge in [0, 0.05) is 4.88 Å². The Balaban J connectivity index is 2.50. The van der Waals surface area contributed by atoms with Crippen molar-refractivity contribution in [1.29, 1.82) is 0 Å². The molecule has 1 amide bonds. The number of aliphatic hydroxyl groups excluding tert-OH is 1. The van der Waals surface area contributed by atoms with Crippen molar-refractivity contribution < 1.29 is 14.7 Å². The predicted octanol–water partition coefficient (Wildman–Crippen LogP) is 1.75. The monoisotopic (exact) mass is 249 g/mol. The van der Waals surface area contributed by atoms with Gasteiger partial charge in [-0.2, -0.15) is 0 Å². The highest BCUT2D eigenvalue weighted by Gasteiger charge is 2.13. The SMILES string of the molecule is Cc1cc(Cl)c(C(=O)NOCC(C)O)s1. The van der Waals surface area contributed by atoms with Gasteiger partial charge in [-0.25, -0.2) is 5.48 Å². The lowest BCUT2D eigenvalue weighted by Crippen LogP contribution is -2.26. The first kappa shape index (κ1) is 12.4. The highest BCUT2D eigenvalue weighted by molar-refractivity contribution is 7.14. The average molecular weight is 250 g/mol. The first-order chi connectivity index (χ1) is 7.00. The maximum atomic E-state index is 11.5. The van der Waals surface area contributed by atoms with Crippen LogP contribution < -0.4 is 5.48 Å². The van der Waals surface area contributed by atoms with Crippen LogP contribution in [0.1, 0.15) is 21.5 Å².